The average Bonchev–Trinajstić information content (AvgIpc) is 2.18. The molecular formula is C10H17N3O2. The molecule has 0 fully saturated rings. The Kier molecular flexibility index (Phi) is 4.83. The lowest BCUT2D eigenvalue weighted by Crippen LogP contribution is -2.17. The Morgan fingerprint density at radius 1 is 1.47 bits per heavy atom. The van der Waals surface area contributed by atoms with E-state index in [0.29, 0.717) is 18.5 Å². The maximum absolute atomic E-state index is 5.41. The fourth-order valence-corrected chi connectivity index (χ4v) is 0.946. The van der Waals surface area contributed by atoms with Gasteiger partial charge >= 0.3 is 6.01 Å². The van der Waals surface area contributed by atoms with E-state index in [4.69, 9.17) is 9.47 Å². The van der Waals surface area contributed by atoms with E-state index in [1.165, 1.54) is 0 Å². The Balaban J connectivity index is 2.50. The zero-order valence-electron chi connectivity index (χ0n) is 9.36. The molecule has 0 aliphatic heterocycles. The van der Waals surface area contributed by atoms with E-state index >= 15 is 0 Å². The van der Waals surface area contributed by atoms with E-state index in [0.717, 1.165) is 6.54 Å². The molecule has 84 valence electrons. The molecule has 0 spiro atoms. The van der Waals surface area contributed by atoms with Gasteiger partial charge in [0, 0.05) is 18.8 Å². The fourth-order valence-electron chi connectivity index (χ4n) is 0.946. The van der Waals surface area contributed by atoms with E-state index in [-0.39, 0.29) is 6.10 Å². The molecule has 0 bridgehead atoms. The van der Waals surface area contributed by atoms with Crippen molar-refractivity contribution in [3.05, 3.63) is 12.3 Å². The molecule has 0 aliphatic carbocycles. The van der Waals surface area contributed by atoms with Gasteiger partial charge in [-0.05, 0) is 20.9 Å². The highest BCUT2D eigenvalue weighted by molar-refractivity contribution is 5.11. The van der Waals surface area contributed by atoms with Crippen LogP contribution in [0.15, 0.2) is 12.3 Å². The molecule has 0 saturated carbocycles. The van der Waals surface area contributed by atoms with E-state index in [9.17, 15) is 0 Å². The van der Waals surface area contributed by atoms with E-state index in [2.05, 4.69) is 15.3 Å². The predicted molar refractivity (Wildman–Crippen MR) is 57.2 cm³/mol. The molecule has 0 aromatic carbocycles. The summed E-state index contributed by atoms with van der Waals surface area (Å²) >= 11 is 0. The minimum absolute atomic E-state index is 0.102. The normalized spacial score (nSPS) is 10.4. The predicted octanol–water partition coefficient (Wildman–Crippen LogP) is 0.862. The molecule has 1 heterocycles. The minimum atomic E-state index is 0.102. The van der Waals surface area contributed by atoms with Crippen molar-refractivity contribution < 1.29 is 9.47 Å². The van der Waals surface area contributed by atoms with Crippen molar-refractivity contribution in [2.45, 2.75) is 20.0 Å². The molecule has 0 amide bonds. The summed E-state index contributed by atoms with van der Waals surface area (Å²) in [6, 6.07) is 2.06. The molecular weight excluding hydrogens is 194 g/mol. The molecule has 0 aliphatic rings. The second kappa shape index (κ2) is 6.19. The van der Waals surface area contributed by atoms with E-state index in [1.807, 2.05) is 20.9 Å². The van der Waals surface area contributed by atoms with Crippen molar-refractivity contribution in [1.29, 1.82) is 0 Å². The van der Waals surface area contributed by atoms with Crippen molar-refractivity contribution in [1.82, 2.24) is 15.3 Å². The third kappa shape index (κ3) is 4.60. The van der Waals surface area contributed by atoms with Gasteiger partial charge in [-0.1, -0.05) is 0 Å². The topological polar surface area (TPSA) is 56.3 Å². The number of hydrogen-bond acceptors (Lipinski definition) is 5. The van der Waals surface area contributed by atoms with Crippen molar-refractivity contribution in [3.63, 3.8) is 0 Å². The highest BCUT2D eigenvalue weighted by Crippen LogP contribution is 2.11. The number of rotatable bonds is 6. The second-order valence-corrected chi connectivity index (χ2v) is 3.30. The van der Waals surface area contributed by atoms with E-state index < -0.39 is 0 Å². The van der Waals surface area contributed by atoms with Gasteiger partial charge in [0.1, 0.15) is 6.61 Å². The summed E-state index contributed by atoms with van der Waals surface area (Å²) in [5.74, 6) is 0.541. The second-order valence-electron chi connectivity index (χ2n) is 3.30. The number of nitrogens with zero attached hydrogens (tertiary/aromatic N) is 2. The van der Waals surface area contributed by atoms with Crippen LogP contribution in [-0.4, -0.2) is 36.3 Å². The van der Waals surface area contributed by atoms with Crippen molar-refractivity contribution >= 4 is 0 Å². The van der Waals surface area contributed by atoms with Crippen LogP contribution in [0.4, 0.5) is 0 Å². The number of likely N-dealkylation sites (N-methyl/N-ethyl adjacent to an activating group) is 1. The van der Waals surface area contributed by atoms with Crippen molar-refractivity contribution in [3.8, 4) is 11.9 Å². The van der Waals surface area contributed by atoms with Crippen LogP contribution < -0.4 is 14.8 Å². The van der Waals surface area contributed by atoms with Crippen LogP contribution in [-0.2, 0) is 0 Å². The highest BCUT2D eigenvalue weighted by Gasteiger charge is 2.02. The van der Waals surface area contributed by atoms with Gasteiger partial charge in [0.05, 0.1) is 6.10 Å². The molecule has 0 atom stereocenters. The first kappa shape index (κ1) is 11.7. The van der Waals surface area contributed by atoms with Crippen LogP contribution in [0.5, 0.6) is 11.9 Å². The molecule has 0 radical (unpaired) electrons. The van der Waals surface area contributed by atoms with Crippen molar-refractivity contribution in [2.75, 3.05) is 20.2 Å². The molecule has 5 heteroatoms. The monoisotopic (exact) mass is 211 g/mol. The Hall–Kier alpha value is -1.36. The van der Waals surface area contributed by atoms with Gasteiger partial charge in [-0.2, -0.15) is 4.98 Å². The molecule has 5 nitrogen and oxygen atoms in total. The highest BCUT2D eigenvalue weighted by atomic mass is 16.5. The van der Waals surface area contributed by atoms with Crippen LogP contribution in [0.2, 0.25) is 0 Å². The quantitative estimate of drug-likeness (QED) is 0.707. The summed E-state index contributed by atoms with van der Waals surface area (Å²) in [6.45, 7) is 5.20. The Morgan fingerprint density at radius 2 is 2.27 bits per heavy atom. The minimum Gasteiger partial charge on any atom is -0.475 e. The Bertz CT molecular complexity index is 292. The van der Waals surface area contributed by atoms with Crippen molar-refractivity contribution in [2.24, 2.45) is 0 Å². The number of aromatic nitrogens is 2. The molecule has 1 aromatic heterocycles. The first-order valence-electron chi connectivity index (χ1n) is 4.99. The maximum Gasteiger partial charge on any atom is 0.319 e. The summed E-state index contributed by atoms with van der Waals surface area (Å²) in [5.41, 5.74) is 0. The van der Waals surface area contributed by atoms with Gasteiger partial charge in [-0.25, -0.2) is 4.98 Å². The summed E-state index contributed by atoms with van der Waals surface area (Å²) in [7, 11) is 1.86. The summed E-state index contributed by atoms with van der Waals surface area (Å²) in [4.78, 5) is 8.08. The van der Waals surface area contributed by atoms with Crippen LogP contribution in [0.25, 0.3) is 0 Å². The summed E-state index contributed by atoms with van der Waals surface area (Å²) in [5, 5.41) is 2.97. The average molecular weight is 211 g/mol. The zero-order chi connectivity index (χ0) is 11.1. The molecule has 0 unspecified atom stereocenters. The first-order valence-corrected chi connectivity index (χ1v) is 4.99. The largest absolute Gasteiger partial charge is 0.475 e. The van der Waals surface area contributed by atoms with Crippen LogP contribution >= 0.6 is 0 Å². The first-order chi connectivity index (χ1) is 7.22. The third-order valence-corrected chi connectivity index (χ3v) is 1.55. The molecule has 1 rings (SSSR count). The molecule has 1 N–H and O–H groups in total. The van der Waals surface area contributed by atoms with Gasteiger partial charge < -0.3 is 14.8 Å². The SMILES string of the molecule is CNCCOc1nccc(OC(C)C)n1. The van der Waals surface area contributed by atoms with Gasteiger partial charge in [-0.3, -0.25) is 0 Å². The van der Waals surface area contributed by atoms with E-state index in [1.54, 1.807) is 12.3 Å². The summed E-state index contributed by atoms with van der Waals surface area (Å²) < 4.78 is 10.7. The zero-order valence-corrected chi connectivity index (χ0v) is 9.36. The van der Waals surface area contributed by atoms with Gasteiger partial charge in [0.2, 0.25) is 5.88 Å². The van der Waals surface area contributed by atoms with Crippen LogP contribution in [0, 0.1) is 0 Å². The standard InChI is InChI=1S/C10H17N3O2/c1-8(2)15-9-4-5-12-10(13-9)14-7-6-11-3/h4-5,8,11H,6-7H2,1-3H3. The fraction of sp³-hybridized carbons (Fsp3) is 0.600. The van der Waals surface area contributed by atoms with Gasteiger partial charge in [0.25, 0.3) is 0 Å². The third-order valence-electron chi connectivity index (χ3n) is 1.55. The molecule has 0 saturated heterocycles. The molecule has 15 heavy (non-hydrogen) atoms. The van der Waals surface area contributed by atoms with Gasteiger partial charge in [-0.15, -0.1) is 0 Å². The lowest BCUT2D eigenvalue weighted by atomic mass is 10.5. The smallest absolute Gasteiger partial charge is 0.319 e. The number of ether oxygens (including phenoxy) is 2. The van der Waals surface area contributed by atoms with Gasteiger partial charge in [0.15, 0.2) is 0 Å². The lowest BCUT2D eigenvalue weighted by molar-refractivity contribution is 0.224. The van der Waals surface area contributed by atoms with Crippen LogP contribution in [0.3, 0.4) is 0 Å². The number of hydrogen-bond donors (Lipinski definition) is 1. The maximum atomic E-state index is 5.41. The van der Waals surface area contributed by atoms with Crippen LogP contribution in [0.1, 0.15) is 13.8 Å². The molecule has 1 aromatic rings. The Labute approximate surface area is 89.8 Å². The Morgan fingerprint density at radius 3 is 2.93 bits per heavy atom. The number of nitrogens with one attached hydrogen (secondary N) is 1. The summed E-state index contributed by atoms with van der Waals surface area (Å²) in [6.07, 6.45) is 1.73. The lowest BCUT2D eigenvalue weighted by Gasteiger charge is -2.09.